The third-order valence-electron chi connectivity index (χ3n) is 5.77. The van der Waals surface area contributed by atoms with Crippen molar-refractivity contribution in [2.75, 3.05) is 0 Å². The number of hydrogen-bond donors (Lipinski definition) is 6. The van der Waals surface area contributed by atoms with E-state index in [0.29, 0.717) is 0 Å². The number of fused-ring (bicyclic) bond motifs is 3. The second kappa shape index (κ2) is 4.53. The first kappa shape index (κ1) is 16.8. The average Bonchev–Trinajstić information content (AvgIpc) is 2.73. The van der Waals surface area contributed by atoms with Gasteiger partial charge in [0.1, 0.15) is 6.10 Å². The van der Waals surface area contributed by atoms with E-state index in [1.165, 1.54) is 13.8 Å². The lowest BCUT2D eigenvalue weighted by Crippen LogP contribution is -2.63. The van der Waals surface area contributed by atoms with Crippen LogP contribution in [0, 0.1) is 5.92 Å². The number of hydrogen-bond acceptors (Lipinski definition) is 8. The molecular formula is C15H22O8. The van der Waals surface area contributed by atoms with Crippen LogP contribution in [0.3, 0.4) is 0 Å². The number of carbonyl (C=O) groups is 1. The lowest BCUT2D eigenvalue weighted by molar-refractivity contribution is -0.191. The number of ether oxygens (including phenoxy) is 1. The van der Waals surface area contributed by atoms with Gasteiger partial charge >= 0.3 is 5.97 Å². The van der Waals surface area contributed by atoms with Crippen molar-refractivity contribution >= 4 is 5.97 Å². The topological polar surface area (TPSA) is 148 Å². The average molecular weight is 330 g/mol. The van der Waals surface area contributed by atoms with E-state index in [2.05, 4.69) is 0 Å². The van der Waals surface area contributed by atoms with Gasteiger partial charge in [-0.1, -0.05) is 0 Å². The van der Waals surface area contributed by atoms with Gasteiger partial charge in [0.25, 0.3) is 0 Å². The third kappa shape index (κ3) is 1.79. The van der Waals surface area contributed by atoms with Crippen LogP contribution in [0.25, 0.3) is 0 Å². The number of aliphatic hydroxyl groups is 6. The zero-order valence-electron chi connectivity index (χ0n) is 13.1. The summed E-state index contributed by atoms with van der Waals surface area (Å²) in [5.41, 5.74) is -6.10. The van der Waals surface area contributed by atoms with Gasteiger partial charge in [0.2, 0.25) is 0 Å². The van der Waals surface area contributed by atoms with Crippen molar-refractivity contribution in [3.63, 3.8) is 0 Å². The van der Waals surface area contributed by atoms with E-state index in [4.69, 9.17) is 4.74 Å². The standard InChI is InChI=1S/C15H22O8/c1-5-7-8(10(18)9(5)17)13(2,20)4-6(16)15(22)11(7)23-12(19)14(15,3)21/h6,8-11,16-18,20-22H,4H2,1-3H3/t6-,8+,9-,10-,11-,13-,14+,15+/m0/s1. The van der Waals surface area contributed by atoms with Gasteiger partial charge in [-0.15, -0.1) is 0 Å². The summed E-state index contributed by atoms with van der Waals surface area (Å²) in [6.07, 6.45) is -6.24. The van der Waals surface area contributed by atoms with Crippen LogP contribution in [0.5, 0.6) is 0 Å². The smallest absolute Gasteiger partial charge is 0.341 e. The second-order valence-electron chi connectivity index (χ2n) is 7.31. The fourth-order valence-electron chi connectivity index (χ4n) is 4.32. The molecule has 0 aromatic heterocycles. The van der Waals surface area contributed by atoms with Gasteiger partial charge in [-0.25, -0.2) is 4.79 Å². The van der Waals surface area contributed by atoms with Gasteiger partial charge in [0.15, 0.2) is 17.3 Å². The molecule has 0 unspecified atom stereocenters. The maximum Gasteiger partial charge on any atom is 0.341 e. The van der Waals surface area contributed by atoms with Crippen molar-refractivity contribution in [2.24, 2.45) is 5.92 Å². The van der Waals surface area contributed by atoms with Gasteiger partial charge in [0.05, 0.1) is 17.8 Å². The Labute approximate surface area is 132 Å². The van der Waals surface area contributed by atoms with Crippen molar-refractivity contribution in [1.82, 2.24) is 0 Å². The molecule has 0 aromatic carbocycles. The summed E-state index contributed by atoms with van der Waals surface area (Å²) >= 11 is 0. The number of rotatable bonds is 0. The van der Waals surface area contributed by atoms with E-state index in [1.54, 1.807) is 0 Å². The van der Waals surface area contributed by atoms with Crippen LogP contribution >= 0.6 is 0 Å². The number of aliphatic hydroxyl groups excluding tert-OH is 3. The van der Waals surface area contributed by atoms with E-state index in [1.807, 2.05) is 0 Å². The molecular weight excluding hydrogens is 308 g/mol. The first-order valence-electron chi connectivity index (χ1n) is 7.50. The molecule has 1 saturated heterocycles. The van der Waals surface area contributed by atoms with E-state index in [0.717, 1.165) is 6.92 Å². The lowest BCUT2D eigenvalue weighted by Gasteiger charge is -2.38. The van der Waals surface area contributed by atoms with Crippen LogP contribution in [0.2, 0.25) is 0 Å². The monoisotopic (exact) mass is 330 g/mol. The Morgan fingerprint density at radius 1 is 1.13 bits per heavy atom. The molecule has 6 N–H and O–H groups in total. The molecule has 8 nitrogen and oxygen atoms in total. The Bertz CT molecular complexity index is 594. The van der Waals surface area contributed by atoms with Crippen LogP contribution in [-0.4, -0.2) is 77.8 Å². The molecule has 0 amide bonds. The molecule has 0 radical (unpaired) electrons. The van der Waals surface area contributed by atoms with E-state index >= 15 is 0 Å². The molecule has 23 heavy (non-hydrogen) atoms. The normalized spacial score (nSPS) is 56.2. The summed E-state index contributed by atoms with van der Waals surface area (Å²) in [5, 5.41) is 62.9. The largest absolute Gasteiger partial charge is 0.452 e. The summed E-state index contributed by atoms with van der Waals surface area (Å²) in [4.78, 5) is 12.0. The minimum Gasteiger partial charge on any atom is -0.452 e. The molecule has 3 aliphatic rings. The Hall–Kier alpha value is -1.03. The Morgan fingerprint density at radius 2 is 1.70 bits per heavy atom. The van der Waals surface area contributed by atoms with Crippen molar-refractivity contribution in [2.45, 2.75) is 68.4 Å². The van der Waals surface area contributed by atoms with Crippen LogP contribution < -0.4 is 0 Å². The number of esters is 1. The molecule has 0 aromatic rings. The molecule has 0 bridgehead atoms. The van der Waals surface area contributed by atoms with E-state index in [-0.39, 0.29) is 11.1 Å². The quantitative estimate of drug-likeness (QED) is 0.212. The minimum atomic E-state index is -2.40. The molecule has 2 aliphatic carbocycles. The van der Waals surface area contributed by atoms with Gasteiger partial charge in [0, 0.05) is 12.3 Å². The van der Waals surface area contributed by atoms with Crippen molar-refractivity contribution in [3.05, 3.63) is 11.1 Å². The van der Waals surface area contributed by atoms with Crippen LogP contribution in [0.15, 0.2) is 11.1 Å². The van der Waals surface area contributed by atoms with Crippen LogP contribution in [0.1, 0.15) is 27.2 Å². The van der Waals surface area contributed by atoms with Crippen molar-refractivity contribution in [3.8, 4) is 0 Å². The van der Waals surface area contributed by atoms with Crippen LogP contribution in [0.4, 0.5) is 0 Å². The SMILES string of the molecule is CC1=C2[C@H]([C@H](O)[C@H]1O)[C@@](C)(O)C[C@H](O)[C@@]1(O)[C@H]2OC(=O)[C@@]1(C)O. The highest BCUT2D eigenvalue weighted by Gasteiger charge is 2.73. The Morgan fingerprint density at radius 3 is 2.26 bits per heavy atom. The lowest BCUT2D eigenvalue weighted by atomic mass is 9.75. The summed E-state index contributed by atoms with van der Waals surface area (Å²) < 4.78 is 5.12. The van der Waals surface area contributed by atoms with Crippen LogP contribution in [-0.2, 0) is 9.53 Å². The molecule has 2 fully saturated rings. The molecule has 1 aliphatic heterocycles. The maximum atomic E-state index is 12.0. The fraction of sp³-hybridized carbons (Fsp3) is 0.800. The maximum absolute atomic E-state index is 12.0. The van der Waals surface area contributed by atoms with E-state index in [9.17, 15) is 35.4 Å². The molecule has 1 heterocycles. The molecule has 1 saturated carbocycles. The molecule has 8 atom stereocenters. The highest BCUT2D eigenvalue weighted by atomic mass is 16.6. The summed E-state index contributed by atoms with van der Waals surface area (Å²) in [6.45, 7) is 3.87. The third-order valence-corrected chi connectivity index (χ3v) is 5.77. The van der Waals surface area contributed by atoms with Gasteiger partial charge < -0.3 is 35.4 Å². The Balaban J connectivity index is 2.26. The first-order valence-corrected chi connectivity index (χ1v) is 7.50. The highest BCUT2D eigenvalue weighted by molar-refractivity contribution is 5.84. The second-order valence-corrected chi connectivity index (χ2v) is 7.31. The molecule has 130 valence electrons. The summed E-state index contributed by atoms with van der Waals surface area (Å²) in [7, 11) is 0. The molecule has 3 rings (SSSR count). The first-order chi connectivity index (χ1) is 10.4. The summed E-state index contributed by atoms with van der Waals surface area (Å²) in [6, 6.07) is 0. The van der Waals surface area contributed by atoms with E-state index < -0.39 is 59.5 Å². The molecule has 0 spiro atoms. The van der Waals surface area contributed by atoms with Crippen molar-refractivity contribution < 1.29 is 40.2 Å². The zero-order valence-corrected chi connectivity index (χ0v) is 13.1. The predicted octanol–water partition coefficient (Wildman–Crippen LogP) is -2.42. The van der Waals surface area contributed by atoms with Crippen molar-refractivity contribution in [1.29, 1.82) is 0 Å². The Kier molecular flexibility index (Phi) is 3.31. The highest BCUT2D eigenvalue weighted by Crippen LogP contribution is 2.54. The summed E-state index contributed by atoms with van der Waals surface area (Å²) in [5.74, 6) is -2.16. The zero-order chi connectivity index (χ0) is 17.5. The van der Waals surface area contributed by atoms with Gasteiger partial charge in [-0.2, -0.15) is 0 Å². The minimum absolute atomic E-state index is 0.139. The molecule has 8 heteroatoms. The predicted molar refractivity (Wildman–Crippen MR) is 74.9 cm³/mol. The fourth-order valence-corrected chi connectivity index (χ4v) is 4.32. The number of carbonyl (C=O) groups excluding carboxylic acids is 1. The van der Waals surface area contributed by atoms with Gasteiger partial charge in [-0.05, 0) is 31.9 Å². The van der Waals surface area contributed by atoms with Gasteiger partial charge in [-0.3, -0.25) is 0 Å².